The van der Waals surface area contributed by atoms with Gasteiger partial charge in [-0.2, -0.15) is 0 Å². The summed E-state index contributed by atoms with van der Waals surface area (Å²) in [4.78, 5) is 0. The van der Waals surface area contributed by atoms with E-state index in [0.29, 0.717) is 19.8 Å². The zero-order valence-corrected chi connectivity index (χ0v) is 23.8. The van der Waals surface area contributed by atoms with Crippen molar-refractivity contribution in [2.75, 3.05) is 12.4 Å². The summed E-state index contributed by atoms with van der Waals surface area (Å²) in [5.74, 6) is -0.286. The molecule has 0 saturated carbocycles. The summed E-state index contributed by atoms with van der Waals surface area (Å²) >= 11 is 0. The second kappa shape index (κ2) is 14.2. The van der Waals surface area contributed by atoms with Gasteiger partial charge >= 0.3 is 0 Å². The van der Waals surface area contributed by atoms with Crippen LogP contribution in [0.3, 0.4) is 0 Å². The van der Waals surface area contributed by atoms with Crippen LogP contribution in [-0.2, 0) is 48.6 Å². The molecule has 39 heavy (non-hydrogen) atoms. The molecule has 0 radical (unpaired) electrons. The molecule has 5 unspecified atom stereocenters. The summed E-state index contributed by atoms with van der Waals surface area (Å²) in [5.41, 5.74) is 3.14. The molecular formula is C32H40O6S. The molecule has 4 rings (SSSR count). The van der Waals surface area contributed by atoms with Crippen molar-refractivity contribution in [3.05, 3.63) is 108 Å². The first-order chi connectivity index (χ1) is 18.8. The summed E-state index contributed by atoms with van der Waals surface area (Å²) < 4.78 is 51.5. The Bertz CT molecular complexity index is 1220. The number of rotatable bonds is 13. The average Bonchev–Trinajstić information content (AvgIpc) is 2.94. The molecule has 0 spiro atoms. The van der Waals surface area contributed by atoms with Crippen LogP contribution in [0.25, 0.3) is 0 Å². The van der Waals surface area contributed by atoms with E-state index in [2.05, 4.69) is 0 Å². The van der Waals surface area contributed by atoms with E-state index < -0.39 is 33.4 Å². The number of benzene rings is 3. The number of hydrogen-bond donors (Lipinski definition) is 0. The minimum absolute atomic E-state index is 0.0718. The van der Waals surface area contributed by atoms with E-state index in [1.54, 1.807) is 13.8 Å². The normalized spacial score (nSPS) is 23.6. The Morgan fingerprint density at radius 3 is 1.64 bits per heavy atom. The van der Waals surface area contributed by atoms with Crippen LogP contribution in [0.4, 0.5) is 0 Å². The molecule has 3 aromatic carbocycles. The topological polar surface area (TPSA) is 71.1 Å². The van der Waals surface area contributed by atoms with Crippen molar-refractivity contribution in [2.45, 2.75) is 70.3 Å². The highest BCUT2D eigenvalue weighted by atomic mass is 32.2. The van der Waals surface area contributed by atoms with Crippen LogP contribution in [-0.4, -0.2) is 50.4 Å². The molecule has 1 fully saturated rings. The largest absolute Gasteiger partial charge is 0.374 e. The van der Waals surface area contributed by atoms with Gasteiger partial charge in [0.2, 0.25) is 0 Å². The lowest BCUT2D eigenvalue weighted by Gasteiger charge is -2.45. The molecular weight excluding hydrogens is 512 g/mol. The molecule has 6 nitrogen and oxygen atoms in total. The first-order valence-electron chi connectivity index (χ1n) is 13.6. The van der Waals surface area contributed by atoms with Crippen LogP contribution in [0.1, 0.15) is 37.5 Å². The first kappa shape index (κ1) is 29.4. The van der Waals surface area contributed by atoms with Crippen molar-refractivity contribution in [3.8, 4) is 0 Å². The van der Waals surface area contributed by atoms with Crippen LogP contribution >= 0.6 is 0 Å². The summed E-state index contributed by atoms with van der Waals surface area (Å²) in [6.45, 7) is 6.86. The van der Waals surface area contributed by atoms with Crippen molar-refractivity contribution < 1.29 is 27.4 Å². The van der Waals surface area contributed by atoms with Crippen LogP contribution in [0, 0.1) is 5.92 Å². The van der Waals surface area contributed by atoms with E-state index in [1.165, 1.54) is 0 Å². The van der Waals surface area contributed by atoms with Crippen molar-refractivity contribution in [3.63, 3.8) is 0 Å². The van der Waals surface area contributed by atoms with Crippen molar-refractivity contribution in [1.29, 1.82) is 0 Å². The molecule has 0 bridgehead atoms. The van der Waals surface area contributed by atoms with Gasteiger partial charge in [0.25, 0.3) is 0 Å². The van der Waals surface area contributed by atoms with E-state index in [-0.39, 0.29) is 24.4 Å². The fourth-order valence-corrected chi connectivity index (χ4v) is 5.97. The maximum Gasteiger partial charge on any atom is 0.155 e. The van der Waals surface area contributed by atoms with Crippen molar-refractivity contribution in [1.82, 2.24) is 0 Å². The van der Waals surface area contributed by atoms with Gasteiger partial charge in [0.15, 0.2) is 9.84 Å². The average molecular weight is 553 g/mol. The quantitative estimate of drug-likeness (QED) is 0.275. The highest BCUT2D eigenvalue weighted by Gasteiger charge is 2.47. The van der Waals surface area contributed by atoms with Crippen LogP contribution in [0.5, 0.6) is 0 Å². The van der Waals surface area contributed by atoms with E-state index in [1.807, 2.05) is 97.9 Å². The number of hydrogen-bond acceptors (Lipinski definition) is 6. The SMILES string of the molecule is CC1C(CS(=O)(=O)C(C)C)OC(COCc2ccccc2)C(OCc2ccccc2)C1OCc1ccccc1. The summed E-state index contributed by atoms with van der Waals surface area (Å²) in [6, 6.07) is 29.9. The van der Waals surface area contributed by atoms with E-state index in [4.69, 9.17) is 18.9 Å². The van der Waals surface area contributed by atoms with Crippen LogP contribution in [0.15, 0.2) is 91.0 Å². The zero-order valence-electron chi connectivity index (χ0n) is 23.0. The molecule has 1 heterocycles. The maximum atomic E-state index is 12.9. The lowest BCUT2D eigenvalue weighted by Crippen LogP contribution is -2.58. The molecule has 7 heteroatoms. The van der Waals surface area contributed by atoms with Gasteiger partial charge in [0.1, 0.15) is 12.2 Å². The Hall–Kier alpha value is -2.55. The smallest absolute Gasteiger partial charge is 0.155 e. The molecule has 0 aliphatic carbocycles. The minimum Gasteiger partial charge on any atom is -0.374 e. The lowest BCUT2D eigenvalue weighted by molar-refractivity contribution is -0.237. The molecule has 0 N–H and O–H groups in total. The van der Waals surface area contributed by atoms with Gasteiger partial charge in [-0.05, 0) is 30.5 Å². The Balaban J connectivity index is 1.57. The molecule has 1 aliphatic rings. The summed E-state index contributed by atoms with van der Waals surface area (Å²) in [7, 11) is -3.34. The molecule has 1 saturated heterocycles. The molecule has 0 amide bonds. The highest BCUT2D eigenvalue weighted by molar-refractivity contribution is 7.92. The Morgan fingerprint density at radius 1 is 0.692 bits per heavy atom. The van der Waals surface area contributed by atoms with Gasteiger partial charge in [-0.1, -0.05) is 97.9 Å². The fraction of sp³-hybridized carbons (Fsp3) is 0.438. The maximum absolute atomic E-state index is 12.9. The number of ether oxygens (including phenoxy) is 4. The highest BCUT2D eigenvalue weighted by Crippen LogP contribution is 2.33. The zero-order chi connectivity index (χ0) is 27.7. The third kappa shape index (κ3) is 8.47. The third-order valence-corrected chi connectivity index (χ3v) is 9.45. The standard InChI is InChI=1S/C32H40O6S/c1-24(2)39(33,34)23-30-25(3)31(36-20-27-15-9-5-10-16-27)32(37-21-28-17-11-6-12-18-28)29(38-30)22-35-19-26-13-7-4-8-14-26/h4-18,24-25,29-32H,19-23H2,1-3H3. The van der Waals surface area contributed by atoms with E-state index in [9.17, 15) is 8.42 Å². The molecule has 3 aromatic rings. The number of sulfone groups is 1. The van der Waals surface area contributed by atoms with Gasteiger partial charge in [-0.3, -0.25) is 0 Å². The molecule has 5 atom stereocenters. The molecule has 210 valence electrons. The predicted octanol–water partition coefficient (Wildman–Crippen LogP) is 5.60. The molecule has 0 aromatic heterocycles. The van der Waals surface area contributed by atoms with E-state index in [0.717, 1.165) is 16.7 Å². The second-order valence-corrected chi connectivity index (χ2v) is 13.1. The fourth-order valence-electron chi connectivity index (χ4n) is 4.74. The third-order valence-electron chi connectivity index (χ3n) is 7.22. The molecule has 1 aliphatic heterocycles. The van der Waals surface area contributed by atoms with Gasteiger partial charge in [0.05, 0.1) is 49.6 Å². The van der Waals surface area contributed by atoms with Crippen LogP contribution < -0.4 is 0 Å². The Kier molecular flexibility index (Phi) is 10.7. The summed E-state index contributed by atoms with van der Waals surface area (Å²) in [5, 5.41) is -0.489. The summed E-state index contributed by atoms with van der Waals surface area (Å²) in [6.07, 6.45) is -1.88. The van der Waals surface area contributed by atoms with Gasteiger partial charge in [-0.25, -0.2) is 8.42 Å². The Labute approximate surface area is 233 Å². The lowest BCUT2D eigenvalue weighted by atomic mass is 9.88. The monoisotopic (exact) mass is 552 g/mol. The second-order valence-electron chi connectivity index (χ2n) is 10.5. The Morgan fingerprint density at radius 2 is 1.15 bits per heavy atom. The first-order valence-corrected chi connectivity index (χ1v) is 15.3. The van der Waals surface area contributed by atoms with E-state index >= 15 is 0 Å². The van der Waals surface area contributed by atoms with Gasteiger partial charge in [0, 0.05) is 5.92 Å². The van der Waals surface area contributed by atoms with Crippen molar-refractivity contribution in [2.24, 2.45) is 5.92 Å². The van der Waals surface area contributed by atoms with Gasteiger partial charge in [-0.15, -0.1) is 0 Å². The van der Waals surface area contributed by atoms with Crippen molar-refractivity contribution >= 4 is 9.84 Å². The van der Waals surface area contributed by atoms with Gasteiger partial charge < -0.3 is 18.9 Å². The van der Waals surface area contributed by atoms with Crippen LogP contribution in [0.2, 0.25) is 0 Å². The predicted molar refractivity (Wildman–Crippen MR) is 153 cm³/mol. The minimum atomic E-state index is -3.34.